The number of hydrogen-bond donors (Lipinski definition) is 2. The lowest BCUT2D eigenvalue weighted by atomic mass is 10.1. The second-order valence-electron chi connectivity index (χ2n) is 5.79. The maximum absolute atomic E-state index is 12.3. The molecule has 148 valence electrons. The number of H-pyrrole nitrogens is 1. The van der Waals surface area contributed by atoms with Gasteiger partial charge in [0.05, 0.1) is 38.0 Å². The highest BCUT2D eigenvalue weighted by molar-refractivity contribution is 5.93. The van der Waals surface area contributed by atoms with Gasteiger partial charge in [-0.25, -0.2) is 10.4 Å². The van der Waals surface area contributed by atoms with E-state index in [-0.39, 0.29) is 11.3 Å². The van der Waals surface area contributed by atoms with Crippen molar-refractivity contribution in [1.82, 2.24) is 20.4 Å². The predicted octanol–water partition coefficient (Wildman–Crippen LogP) is 2.00. The molecule has 0 spiro atoms. The van der Waals surface area contributed by atoms with E-state index in [1.54, 1.807) is 12.3 Å². The van der Waals surface area contributed by atoms with E-state index in [0.717, 1.165) is 11.3 Å². The predicted molar refractivity (Wildman–Crippen MR) is 107 cm³/mol. The van der Waals surface area contributed by atoms with Crippen LogP contribution >= 0.6 is 0 Å². The van der Waals surface area contributed by atoms with Gasteiger partial charge in [0.2, 0.25) is 0 Å². The van der Waals surface area contributed by atoms with Gasteiger partial charge in [0.1, 0.15) is 11.4 Å². The minimum absolute atomic E-state index is 0.108. The molecule has 9 heteroatoms. The van der Waals surface area contributed by atoms with E-state index < -0.39 is 5.91 Å². The Balaban J connectivity index is 1.71. The quantitative estimate of drug-likeness (QED) is 0.468. The molecule has 1 aromatic carbocycles. The van der Waals surface area contributed by atoms with E-state index in [2.05, 4.69) is 25.5 Å². The van der Waals surface area contributed by atoms with Crippen molar-refractivity contribution in [3.63, 3.8) is 0 Å². The van der Waals surface area contributed by atoms with Crippen molar-refractivity contribution in [3.8, 4) is 22.9 Å². The van der Waals surface area contributed by atoms with Gasteiger partial charge in [0.25, 0.3) is 11.5 Å². The lowest BCUT2D eigenvalue weighted by Gasteiger charge is -2.06. The van der Waals surface area contributed by atoms with Crippen molar-refractivity contribution in [3.05, 3.63) is 70.4 Å². The number of nitrogens with zero attached hydrogens (tertiary/aromatic N) is 3. The zero-order valence-corrected chi connectivity index (χ0v) is 15.9. The van der Waals surface area contributed by atoms with Gasteiger partial charge >= 0.3 is 0 Å². The molecule has 0 fully saturated rings. The molecule has 2 N–H and O–H groups in total. The van der Waals surface area contributed by atoms with Gasteiger partial charge < -0.3 is 9.47 Å². The summed E-state index contributed by atoms with van der Waals surface area (Å²) in [7, 11) is 1.43. The monoisotopic (exact) mass is 393 g/mol. The number of benzene rings is 1. The molecule has 0 aliphatic carbocycles. The molecule has 3 rings (SSSR count). The van der Waals surface area contributed by atoms with Gasteiger partial charge in [-0.2, -0.15) is 5.10 Å². The summed E-state index contributed by atoms with van der Waals surface area (Å²) in [5.41, 5.74) is 3.95. The first kappa shape index (κ1) is 19.7. The van der Waals surface area contributed by atoms with E-state index in [9.17, 15) is 9.59 Å². The van der Waals surface area contributed by atoms with E-state index in [1.807, 2.05) is 31.2 Å². The van der Waals surface area contributed by atoms with E-state index >= 15 is 0 Å². The maximum atomic E-state index is 12.3. The molecule has 0 bridgehead atoms. The average molecular weight is 393 g/mol. The third-order valence-corrected chi connectivity index (χ3v) is 3.77. The Hall–Kier alpha value is -4.01. The number of hydrogen-bond acceptors (Lipinski definition) is 7. The molecule has 0 atom stereocenters. The van der Waals surface area contributed by atoms with Gasteiger partial charge in [-0.15, -0.1) is 0 Å². The average Bonchev–Trinajstić information content (AvgIpc) is 2.74. The summed E-state index contributed by atoms with van der Waals surface area (Å²) in [6, 6.07) is 10.2. The molecule has 2 heterocycles. The number of hydrazone groups is 1. The number of amides is 1. The Morgan fingerprint density at radius 3 is 2.76 bits per heavy atom. The molecular formula is C20H19N5O4. The van der Waals surface area contributed by atoms with Crippen molar-refractivity contribution < 1.29 is 14.3 Å². The van der Waals surface area contributed by atoms with Crippen LogP contribution < -0.4 is 20.5 Å². The molecule has 29 heavy (non-hydrogen) atoms. The number of carbonyl (C=O) groups excluding carboxylic acids is 1. The topological polar surface area (TPSA) is 119 Å². The van der Waals surface area contributed by atoms with Crippen LogP contribution in [0.3, 0.4) is 0 Å². The summed E-state index contributed by atoms with van der Waals surface area (Å²) in [4.78, 5) is 34.7. The first-order chi connectivity index (χ1) is 14.1. The smallest absolute Gasteiger partial charge is 0.291 e. The van der Waals surface area contributed by atoms with Crippen molar-refractivity contribution in [2.75, 3.05) is 13.7 Å². The van der Waals surface area contributed by atoms with Gasteiger partial charge in [0, 0.05) is 23.3 Å². The highest BCUT2D eigenvalue weighted by atomic mass is 16.5. The third-order valence-electron chi connectivity index (χ3n) is 3.77. The Morgan fingerprint density at radius 2 is 2.03 bits per heavy atom. The van der Waals surface area contributed by atoms with Gasteiger partial charge in [-0.3, -0.25) is 19.6 Å². The second-order valence-corrected chi connectivity index (χ2v) is 5.79. The van der Waals surface area contributed by atoms with Gasteiger partial charge in [-0.05, 0) is 31.2 Å². The number of aromatic amines is 1. The number of methoxy groups -OCH3 is 1. The number of nitrogens with one attached hydrogen (secondary N) is 2. The van der Waals surface area contributed by atoms with E-state index in [4.69, 9.17) is 9.47 Å². The highest BCUT2D eigenvalue weighted by Gasteiger charge is 2.09. The summed E-state index contributed by atoms with van der Waals surface area (Å²) in [5, 5.41) is 3.85. The summed E-state index contributed by atoms with van der Waals surface area (Å²) in [6.45, 7) is 2.50. The molecule has 0 saturated heterocycles. The second kappa shape index (κ2) is 9.27. The zero-order valence-electron chi connectivity index (χ0n) is 15.9. The van der Waals surface area contributed by atoms with Crippen LogP contribution in [-0.2, 0) is 0 Å². The molecule has 0 unspecified atom stereocenters. The SMILES string of the molecule is CCOc1ccc(-c2cncc(C(=O)N/N=C/c3cc(OC)[nH]c(=O)c3)n2)cc1. The van der Waals surface area contributed by atoms with Crippen LogP contribution in [0.25, 0.3) is 11.3 Å². The van der Waals surface area contributed by atoms with Crippen LogP contribution in [0.4, 0.5) is 0 Å². The first-order valence-electron chi connectivity index (χ1n) is 8.76. The lowest BCUT2D eigenvalue weighted by molar-refractivity contribution is 0.0950. The molecule has 0 saturated carbocycles. The summed E-state index contributed by atoms with van der Waals surface area (Å²) >= 11 is 0. The number of pyridine rings is 1. The third kappa shape index (κ3) is 5.25. The fourth-order valence-electron chi connectivity index (χ4n) is 2.45. The van der Waals surface area contributed by atoms with Crippen molar-refractivity contribution in [1.29, 1.82) is 0 Å². The van der Waals surface area contributed by atoms with Gasteiger partial charge in [-0.1, -0.05) is 0 Å². The fraction of sp³-hybridized carbons (Fsp3) is 0.150. The van der Waals surface area contributed by atoms with Crippen LogP contribution in [0.5, 0.6) is 11.6 Å². The Kier molecular flexibility index (Phi) is 6.31. The number of ether oxygens (including phenoxy) is 2. The lowest BCUT2D eigenvalue weighted by Crippen LogP contribution is -2.19. The minimum atomic E-state index is -0.529. The van der Waals surface area contributed by atoms with Crippen LogP contribution in [-0.4, -0.2) is 40.8 Å². The van der Waals surface area contributed by atoms with Crippen molar-refractivity contribution in [2.24, 2.45) is 5.10 Å². The summed E-state index contributed by atoms with van der Waals surface area (Å²) < 4.78 is 10.4. The standard InChI is InChI=1S/C20H19N5O4/c1-3-29-15-6-4-14(5-7-15)16-11-21-12-17(23-16)20(27)25-22-10-13-8-18(26)24-19(9-13)28-2/h4-12H,3H2,1-2H3,(H,24,26)(H,25,27)/b22-10+. The molecule has 9 nitrogen and oxygen atoms in total. The molecule has 1 amide bonds. The largest absolute Gasteiger partial charge is 0.494 e. The maximum Gasteiger partial charge on any atom is 0.291 e. The van der Waals surface area contributed by atoms with Gasteiger partial charge in [0.15, 0.2) is 5.88 Å². The number of aromatic nitrogens is 3. The van der Waals surface area contributed by atoms with E-state index in [0.29, 0.717) is 23.7 Å². The Bertz CT molecular complexity index is 1080. The zero-order chi connectivity index (χ0) is 20.6. The normalized spacial score (nSPS) is 10.7. The minimum Gasteiger partial charge on any atom is -0.494 e. The van der Waals surface area contributed by atoms with Crippen LogP contribution in [0.2, 0.25) is 0 Å². The van der Waals surface area contributed by atoms with Crippen LogP contribution in [0.15, 0.2) is 58.7 Å². The molecule has 0 radical (unpaired) electrons. The van der Waals surface area contributed by atoms with Crippen molar-refractivity contribution in [2.45, 2.75) is 6.92 Å². The van der Waals surface area contributed by atoms with Crippen LogP contribution in [0, 0.1) is 0 Å². The van der Waals surface area contributed by atoms with Crippen LogP contribution in [0.1, 0.15) is 23.0 Å². The molecule has 0 aliphatic heterocycles. The Labute approximate surface area is 166 Å². The molecule has 0 aliphatic rings. The van der Waals surface area contributed by atoms with Crippen molar-refractivity contribution >= 4 is 12.1 Å². The highest BCUT2D eigenvalue weighted by Crippen LogP contribution is 2.20. The number of carbonyl (C=O) groups is 1. The molecular weight excluding hydrogens is 374 g/mol. The number of rotatable bonds is 7. The molecule has 2 aromatic heterocycles. The summed E-state index contributed by atoms with van der Waals surface area (Å²) in [6.07, 6.45) is 4.25. The molecule has 3 aromatic rings. The van der Waals surface area contributed by atoms with E-state index in [1.165, 1.54) is 25.6 Å². The fourth-order valence-corrected chi connectivity index (χ4v) is 2.45. The summed E-state index contributed by atoms with van der Waals surface area (Å²) in [5.74, 6) is 0.515. The Morgan fingerprint density at radius 1 is 1.24 bits per heavy atom. The first-order valence-corrected chi connectivity index (χ1v) is 8.76.